The van der Waals surface area contributed by atoms with E-state index in [9.17, 15) is 0 Å². The van der Waals surface area contributed by atoms with Crippen LogP contribution in [0.5, 0.6) is 0 Å². The van der Waals surface area contributed by atoms with E-state index < -0.39 is 0 Å². The van der Waals surface area contributed by atoms with Crippen molar-refractivity contribution in [2.24, 2.45) is 0 Å². The third kappa shape index (κ3) is 3.53. The third-order valence-corrected chi connectivity index (χ3v) is 4.46. The molecule has 1 unspecified atom stereocenters. The van der Waals surface area contributed by atoms with Crippen LogP contribution in [0.3, 0.4) is 0 Å². The number of hydrogen-bond donors (Lipinski definition) is 1. The second-order valence-electron chi connectivity index (χ2n) is 5.18. The van der Waals surface area contributed by atoms with Crippen LogP contribution in [-0.2, 0) is 0 Å². The molecule has 1 heterocycles. The lowest BCUT2D eigenvalue weighted by molar-refractivity contribution is 0.349. The second-order valence-corrected chi connectivity index (χ2v) is 6.00. The minimum atomic E-state index is 0.319. The van der Waals surface area contributed by atoms with Gasteiger partial charge in [0.2, 0.25) is 0 Å². The summed E-state index contributed by atoms with van der Waals surface area (Å²) < 4.78 is 5.52. The van der Waals surface area contributed by atoms with Crippen LogP contribution in [-0.4, -0.2) is 5.16 Å². The average molecular weight is 327 g/mol. The molecule has 0 saturated carbocycles. The average Bonchev–Trinajstić information content (AvgIpc) is 2.85. The first-order valence-electron chi connectivity index (χ1n) is 7.28. The molecule has 0 fully saturated rings. The minimum absolute atomic E-state index is 0.319. The van der Waals surface area contributed by atoms with Crippen molar-refractivity contribution >= 4 is 29.0 Å². The smallest absolute Gasteiger partial charge is 0.175 e. The Balaban J connectivity index is 2.43. The Kier molecular flexibility index (Phi) is 5.54. The highest BCUT2D eigenvalue weighted by Gasteiger charge is 2.23. The van der Waals surface area contributed by atoms with Gasteiger partial charge in [-0.1, -0.05) is 61.1 Å². The Morgan fingerprint density at radius 2 is 2.00 bits per heavy atom. The molecule has 0 aliphatic heterocycles. The van der Waals surface area contributed by atoms with Crippen LogP contribution >= 0.6 is 23.2 Å². The lowest BCUT2D eigenvalue weighted by Gasteiger charge is -2.13. The first kappa shape index (κ1) is 16.2. The maximum atomic E-state index is 6.11. The molecule has 2 rings (SSSR count). The Morgan fingerprint density at radius 3 is 2.62 bits per heavy atom. The fraction of sp³-hybridized carbons (Fsp3) is 0.438. The Bertz CT molecular complexity index is 610. The van der Waals surface area contributed by atoms with Crippen molar-refractivity contribution in [2.45, 2.75) is 45.4 Å². The fourth-order valence-corrected chi connectivity index (χ4v) is 2.81. The number of anilines is 1. The molecule has 0 spiro atoms. The van der Waals surface area contributed by atoms with Gasteiger partial charge in [-0.2, -0.15) is 0 Å². The molecule has 0 saturated heterocycles. The van der Waals surface area contributed by atoms with Gasteiger partial charge in [-0.05, 0) is 30.5 Å². The van der Waals surface area contributed by atoms with Crippen LogP contribution in [0.1, 0.15) is 51.2 Å². The zero-order chi connectivity index (χ0) is 15.4. The van der Waals surface area contributed by atoms with E-state index in [0.29, 0.717) is 21.8 Å². The third-order valence-electron chi connectivity index (χ3n) is 3.72. The van der Waals surface area contributed by atoms with E-state index in [-0.39, 0.29) is 0 Å². The van der Waals surface area contributed by atoms with Crippen molar-refractivity contribution in [3.8, 4) is 11.1 Å². The molecular formula is C16H20Cl2N2O. The predicted octanol–water partition coefficient (Wildman–Crippen LogP) is 5.91. The quantitative estimate of drug-likeness (QED) is 0.717. The molecule has 1 aromatic carbocycles. The molecule has 0 radical (unpaired) electrons. The maximum absolute atomic E-state index is 6.11. The molecule has 1 aromatic heterocycles. The van der Waals surface area contributed by atoms with Crippen molar-refractivity contribution < 1.29 is 4.52 Å². The molecule has 2 aromatic rings. The fourth-order valence-electron chi connectivity index (χ4n) is 2.51. The number of hydrogen-bond acceptors (Lipinski definition) is 3. The summed E-state index contributed by atoms with van der Waals surface area (Å²) in [5, 5.41) is 4.97. The Hall–Kier alpha value is -1.19. The number of nitrogens with zero attached hydrogens (tertiary/aromatic N) is 1. The second kappa shape index (κ2) is 7.19. The van der Waals surface area contributed by atoms with Crippen molar-refractivity contribution in [2.75, 3.05) is 5.73 Å². The van der Waals surface area contributed by atoms with E-state index in [4.69, 9.17) is 33.5 Å². The molecule has 21 heavy (non-hydrogen) atoms. The SMILES string of the molecule is CCCCC(CC)c1onc(N)c1-c1ccc(Cl)c(Cl)c1. The molecule has 1 atom stereocenters. The van der Waals surface area contributed by atoms with Crippen LogP contribution in [0, 0.1) is 0 Å². The summed E-state index contributed by atoms with van der Waals surface area (Å²) in [6.07, 6.45) is 4.36. The van der Waals surface area contributed by atoms with E-state index in [1.165, 1.54) is 0 Å². The predicted molar refractivity (Wildman–Crippen MR) is 88.9 cm³/mol. The molecular weight excluding hydrogens is 307 g/mol. The van der Waals surface area contributed by atoms with Gasteiger partial charge in [0.1, 0.15) is 5.76 Å². The zero-order valence-corrected chi connectivity index (χ0v) is 13.8. The Morgan fingerprint density at radius 1 is 1.24 bits per heavy atom. The molecule has 5 heteroatoms. The van der Waals surface area contributed by atoms with Gasteiger partial charge < -0.3 is 10.3 Å². The summed E-state index contributed by atoms with van der Waals surface area (Å²) in [5.41, 5.74) is 7.74. The summed E-state index contributed by atoms with van der Waals surface area (Å²) in [4.78, 5) is 0. The topological polar surface area (TPSA) is 52.0 Å². The lowest BCUT2D eigenvalue weighted by Crippen LogP contribution is -1.99. The highest BCUT2D eigenvalue weighted by atomic mass is 35.5. The number of nitrogens with two attached hydrogens (primary N) is 1. The van der Waals surface area contributed by atoms with Gasteiger partial charge in [0.05, 0.1) is 15.6 Å². The number of halogens is 2. The molecule has 2 N–H and O–H groups in total. The van der Waals surface area contributed by atoms with Crippen molar-refractivity contribution in [1.29, 1.82) is 0 Å². The van der Waals surface area contributed by atoms with Gasteiger partial charge >= 0.3 is 0 Å². The maximum Gasteiger partial charge on any atom is 0.175 e. The van der Waals surface area contributed by atoms with E-state index in [2.05, 4.69) is 19.0 Å². The summed E-state index contributed by atoms with van der Waals surface area (Å²) in [5.74, 6) is 1.57. The molecule has 0 aliphatic carbocycles. The van der Waals surface area contributed by atoms with Crippen LogP contribution in [0.15, 0.2) is 22.7 Å². The van der Waals surface area contributed by atoms with Gasteiger partial charge in [-0.15, -0.1) is 0 Å². The van der Waals surface area contributed by atoms with Gasteiger partial charge in [-0.3, -0.25) is 0 Å². The molecule has 3 nitrogen and oxygen atoms in total. The highest BCUT2D eigenvalue weighted by molar-refractivity contribution is 6.42. The molecule has 114 valence electrons. The summed E-state index contributed by atoms with van der Waals surface area (Å²) in [6, 6.07) is 5.47. The molecule has 0 aliphatic rings. The first-order valence-corrected chi connectivity index (χ1v) is 8.04. The van der Waals surface area contributed by atoms with Gasteiger partial charge in [-0.25, -0.2) is 0 Å². The molecule has 0 bridgehead atoms. The monoisotopic (exact) mass is 326 g/mol. The van der Waals surface area contributed by atoms with Crippen molar-refractivity contribution in [3.05, 3.63) is 34.0 Å². The van der Waals surface area contributed by atoms with Crippen molar-refractivity contribution in [3.63, 3.8) is 0 Å². The van der Waals surface area contributed by atoms with Crippen LogP contribution in [0.4, 0.5) is 5.82 Å². The van der Waals surface area contributed by atoms with E-state index in [1.54, 1.807) is 6.07 Å². The van der Waals surface area contributed by atoms with E-state index >= 15 is 0 Å². The van der Waals surface area contributed by atoms with Gasteiger partial charge in [0.15, 0.2) is 5.82 Å². The largest absolute Gasteiger partial charge is 0.380 e. The Labute approximate surface area is 135 Å². The summed E-state index contributed by atoms with van der Waals surface area (Å²) in [7, 11) is 0. The van der Waals surface area contributed by atoms with E-state index in [0.717, 1.165) is 42.6 Å². The standard InChI is InChI=1S/C16H20Cl2N2O/c1-3-5-6-10(4-2)15-14(16(19)20-21-15)11-7-8-12(17)13(18)9-11/h7-10H,3-6H2,1-2H3,(H2,19,20). The number of benzene rings is 1. The normalized spacial score (nSPS) is 12.6. The number of unbranched alkanes of at least 4 members (excludes halogenated alkanes) is 1. The summed E-state index contributed by atoms with van der Waals surface area (Å²) >= 11 is 12.1. The lowest BCUT2D eigenvalue weighted by atomic mass is 9.91. The number of nitrogen functional groups attached to an aromatic ring is 1. The van der Waals surface area contributed by atoms with Crippen LogP contribution in [0.25, 0.3) is 11.1 Å². The highest BCUT2D eigenvalue weighted by Crippen LogP contribution is 2.39. The van der Waals surface area contributed by atoms with Crippen molar-refractivity contribution in [1.82, 2.24) is 5.16 Å². The number of aromatic nitrogens is 1. The van der Waals surface area contributed by atoms with Gasteiger partial charge in [0.25, 0.3) is 0 Å². The van der Waals surface area contributed by atoms with Crippen LogP contribution < -0.4 is 5.73 Å². The van der Waals surface area contributed by atoms with Gasteiger partial charge in [0, 0.05) is 5.92 Å². The van der Waals surface area contributed by atoms with E-state index in [1.807, 2.05) is 12.1 Å². The first-order chi connectivity index (χ1) is 10.1. The number of rotatable bonds is 6. The van der Waals surface area contributed by atoms with Crippen LogP contribution in [0.2, 0.25) is 10.0 Å². The summed E-state index contributed by atoms with van der Waals surface area (Å²) in [6.45, 7) is 4.33. The molecule has 0 amide bonds. The zero-order valence-electron chi connectivity index (χ0n) is 12.3. The minimum Gasteiger partial charge on any atom is -0.380 e.